The number of urea groups is 1. The molecule has 4 amide bonds. The van der Waals surface area contributed by atoms with E-state index in [0.29, 0.717) is 16.1 Å². The maximum absolute atomic E-state index is 12.9. The van der Waals surface area contributed by atoms with Gasteiger partial charge in [-0.3, -0.25) is 15.0 Å². The smallest absolute Gasteiger partial charge is 0.344 e. The molecule has 0 bridgehead atoms. The van der Waals surface area contributed by atoms with Gasteiger partial charge in [0.25, 0.3) is 11.8 Å². The van der Waals surface area contributed by atoms with E-state index in [1.807, 2.05) is 0 Å². The molecule has 9 heteroatoms. The summed E-state index contributed by atoms with van der Waals surface area (Å²) in [4.78, 5) is 49.5. The third-order valence-electron chi connectivity index (χ3n) is 4.83. The first-order valence-corrected chi connectivity index (χ1v) is 9.30. The molecule has 0 aliphatic carbocycles. The number of hydrazine groups is 1. The molecule has 30 heavy (non-hydrogen) atoms. The minimum absolute atomic E-state index is 0.161. The molecule has 1 aliphatic heterocycles. The van der Waals surface area contributed by atoms with Crippen LogP contribution in [0.15, 0.2) is 54.6 Å². The molecule has 0 aromatic heterocycles. The largest absolute Gasteiger partial charge is 0.452 e. The Morgan fingerprint density at radius 2 is 1.77 bits per heavy atom. The van der Waals surface area contributed by atoms with Gasteiger partial charge in [-0.05, 0) is 29.7 Å². The lowest BCUT2D eigenvalue weighted by atomic mass is 9.87. The van der Waals surface area contributed by atoms with Crippen LogP contribution in [0, 0.1) is 0 Å². The quantitative estimate of drug-likeness (QED) is 0.465. The normalized spacial score (nSPS) is 18.1. The third-order valence-corrected chi connectivity index (χ3v) is 4.83. The minimum atomic E-state index is -1.28. The Hall–Kier alpha value is -3.72. The monoisotopic (exact) mass is 411 g/mol. The molecule has 156 valence electrons. The van der Waals surface area contributed by atoms with Crippen molar-refractivity contribution < 1.29 is 29.0 Å². The second-order valence-corrected chi connectivity index (χ2v) is 6.66. The molecule has 1 saturated heterocycles. The number of ether oxygens (including phenoxy) is 1. The van der Waals surface area contributed by atoms with Crippen molar-refractivity contribution in [2.24, 2.45) is 0 Å². The van der Waals surface area contributed by atoms with Gasteiger partial charge in [-0.1, -0.05) is 49.4 Å². The second kappa shape index (κ2) is 8.75. The number of esters is 1. The maximum Gasteiger partial charge on any atom is 0.344 e. The van der Waals surface area contributed by atoms with Crippen LogP contribution in [0.4, 0.5) is 4.79 Å². The van der Waals surface area contributed by atoms with Crippen LogP contribution in [0.25, 0.3) is 0 Å². The van der Waals surface area contributed by atoms with Crippen LogP contribution in [0.5, 0.6) is 0 Å². The first kappa shape index (κ1) is 21.0. The van der Waals surface area contributed by atoms with E-state index in [2.05, 4.69) is 10.7 Å². The number of nitrogens with zero attached hydrogens (tertiary/aromatic N) is 1. The van der Waals surface area contributed by atoms with E-state index in [9.17, 15) is 19.2 Å². The van der Waals surface area contributed by atoms with E-state index in [0.717, 1.165) is 0 Å². The fourth-order valence-corrected chi connectivity index (χ4v) is 3.16. The average molecular weight is 411 g/mol. The number of carbonyl (C=O) groups excluding carboxylic acids is 4. The molecular weight excluding hydrogens is 390 g/mol. The summed E-state index contributed by atoms with van der Waals surface area (Å²) in [5.41, 5.74) is 2.33. The Kier molecular flexibility index (Phi) is 6.12. The number of nitrogens with one attached hydrogen (secondary N) is 2. The summed E-state index contributed by atoms with van der Waals surface area (Å²) in [5.74, 6) is -2.21. The van der Waals surface area contributed by atoms with Gasteiger partial charge in [-0.15, -0.1) is 0 Å². The van der Waals surface area contributed by atoms with Gasteiger partial charge >= 0.3 is 12.0 Å². The van der Waals surface area contributed by atoms with E-state index in [1.165, 1.54) is 12.1 Å². The Morgan fingerprint density at radius 3 is 2.37 bits per heavy atom. The molecule has 0 saturated carbocycles. The van der Waals surface area contributed by atoms with Gasteiger partial charge in [-0.25, -0.2) is 9.59 Å². The van der Waals surface area contributed by atoms with Crippen LogP contribution in [0.1, 0.15) is 34.8 Å². The van der Waals surface area contributed by atoms with Gasteiger partial charge in [0, 0.05) is 0 Å². The molecule has 0 radical (unpaired) electrons. The lowest BCUT2D eigenvalue weighted by Crippen LogP contribution is -2.49. The van der Waals surface area contributed by atoms with Gasteiger partial charge < -0.3 is 15.2 Å². The molecule has 2 aromatic rings. The van der Waals surface area contributed by atoms with Crippen molar-refractivity contribution in [1.29, 1.82) is 0 Å². The number of amides is 4. The highest BCUT2D eigenvalue weighted by atomic mass is 16.5. The number of hydrogen-bond donors (Lipinski definition) is 3. The molecule has 1 atom stereocenters. The Labute approximate surface area is 172 Å². The summed E-state index contributed by atoms with van der Waals surface area (Å²) in [7, 11) is 0. The third kappa shape index (κ3) is 4.01. The summed E-state index contributed by atoms with van der Waals surface area (Å²) < 4.78 is 4.92. The highest BCUT2D eigenvalue weighted by Crippen LogP contribution is 2.31. The number of carbonyl (C=O) groups is 4. The van der Waals surface area contributed by atoms with Crippen molar-refractivity contribution in [1.82, 2.24) is 15.8 Å². The lowest BCUT2D eigenvalue weighted by Gasteiger charge is -2.25. The number of hydrogen-bond acceptors (Lipinski definition) is 6. The summed E-state index contributed by atoms with van der Waals surface area (Å²) in [6.45, 7) is 0.911. The van der Waals surface area contributed by atoms with Gasteiger partial charge in [0.2, 0.25) is 0 Å². The minimum Gasteiger partial charge on any atom is -0.452 e. The highest BCUT2D eigenvalue weighted by Gasteiger charge is 2.52. The predicted octanol–water partition coefficient (Wildman–Crippen LogP) is 1.22. The molecule has 1 aliphatic rings. The van der Waals surface area contributed by atoms with Crippen LogP contribution >= 0.6 is 0 Å². The van der Waals surface area contributed by atoms with E-state index in [4.69, 9.17) is 9.84 Å². The first-order chi connectivity index (χ1) is 14.4. The highest BCUT2D eigenvalue weighted by molar-refractivity contribution is 6.08. The number of aliphatic hydroxyl groups excluding tert-OH is 1. The standard InChI is InChI=1S/C21H21N3O6/c1-2-21(16-6-4-3-5-7-16)19(28)24(20(29)22-21)23-17(26)13-30-18(27)15-10-8-14(12-25)9-11-15/h3-11,25H,2,12-13H2,1H3,(H,22,29)(H,23,26)/t21-/m1/s1. The van der Waals surface area contributed by atoms with E-state index in [-0.39, 0.29) is 18.6 Å². The summed E-state index contributed by atoms with van der Waals surface area (Å²) >= 11 is 0. The van der Waals surface area contributed by atoms with Crippen molar-refractivity contribution in [3.8, 4) is 0 Å². The van der Waals surface area contributed by atoms with Gasteiger partial charge in [0.05, 0.1) is 12.2 Å². The molecule has 3 rings (SSSR count). The zero-order valence-corrected chi connectivity index (χ0v) is 16.3. The van der Waals surface area contributed by atoms with Crippen LogP contribution < -0.4 is 10.7 Å². The van der Waals surface area contributed by atoms with Crippen LogP contribution in [0.3, 0.4) is 0 Å². The van der Waals surface area contributed by atoms with Crippen LogP contribution in [-0.2, 0) is 26.5 Å². The second-order valence-electron chi connectivity index (χ2n) is 6.66. The molecule has 2 aromatic carbocycles. The fourth-order valence-electron chi connectivity index (χ4n) is 3.16. The van der Waals surface area contributed by atoms with E-state index in [1.54, 1.807) is 49.4 Å². The Balaban J connectivity index is 1.63. The topological polar surface area (TPSA) is 125 Å². The average Bonchev–Trinajstić information content (AvgIpc) is 3.03. The van der Waals surface area contributed by atoms with Gasteiger partial charge in [0.15, 0.2) is 6.61 Å². The zero-order valence-electron chi connectivity index (χ0n) is 16.3. The number of rotatable bonds is 7. The molecule has 1 heterocycles. The maximum atomic E-state index is 12.9. The number of benzene rings is 2. The number of aliphatic hydroxyl groups is 1. The zero-order chi connectivity index (χ0) is 21.7. The van der Waals surface area contributed by atoms with Crippen molar-refractivity contribution >= 4 is 23.8 Å². The molecule has 0 unspecified atom stereocenters. The first-order valence-electron chi connectivity index (χ1n) is 9.30. The van der Waals surface area contributed by atoms with E-state index >= 15 is 0 Å². The lowest BCUT2D eigenvalue weighted by molar-refractivity contribution is -0.140. The molecular formula is C21H21N3O6. The fraction of sp³-hybridized carbons (Fsp3) is 0.238. The van der Waals surface area contributed by atoms with E-state index < -0.39 is 36.0 Å². The summed E-state index contributed by atoms with van der Waals surface area (Å²) in [6.07, 6.45) is 0.285. The number of imide groups is 1. The Morgan fingerprint density at radius 1 is 1.10 bits per heavy atom. The van der Waals surface area contributed by atoms with Crippen molar-refractivity contribution in [3.05, 3.63) is 71.3 Å². The predicted molar refractivity (Wildman–Crippen MR) is 105 cm³/mol. The summed E-state index contributed by atoms with van der Waals surface area (Å²) in [5, 5.41) is 12.2. The Bertz CT molecular complexity index is 960. The van der Waals surface area contributed by atoms with Crippen molar-refractivity contribution in [3.63, 3.8) is 0 Å². The summed E-state index contributed by atoms with van der Waals surface area (Å²) in [6, 6.07) is 14.0. The SMILES string of the molecule is CC[C@]1(c2ccccc2)NC(=O)N(NC(=O)COC(=O)c2ccc(CO)cc2)C1=O. The molecule has 0 spiro atoms. The molecule has 3 N–H and O–H groups in total. The van der Waals surface area contributed by atoms with Crippen molar-refractivity contribution in [2.75, 3.05) is 6.61 Å². The van der Waals surface area contributed by atoms with Gasteiger partial charge in [-0.2, -0.15) is 5.01 Å². The van der Waals surface area contributed by atoms with Crippen LogP contribution in [-0.4, -0.2) is 40.5 Å². The molecule has 1 fully saturated rings. The van der Waals surface area contributed by atoms with Crippen LogP contribution in [0.2, 0.25) is 0 Å². The molecule has 9 nitrogen and oxygen atoms in total. The van der Waals surface area contributed by atoms with Crippen molar-refractivity contribution in [2.45, 2.75) is 25.5 Å². The van der Waals surface area contributed by atoms with Gasteiger partial charge in [0.1, 0.15) is 5.54 Å².